The Balaban J connectivity index is 1.25. The Bertz CT molecular complexity index is 1220. The van der Waals surface area contributed by atoms with Crippen LogP contribution in [0.4, 0.5) is 0 Å². The van der Waals surface area contributed by atoms with Crippen LogP contribution in [0.1, 0.15) is 11.1 Å². The van der Waals surface area contributed by atoms with E-state index in [-0.39, 0.29) is 11.7 Å². The highest BCUT2D eigenvalue weighted by molar-refractivity contribution is 8.03. The zero-order valence-corrected chi connectivity index (χ0v) is 19.4. The molecule has 1 amide bonds. The monoisotopic (exact) mass is 484 g/mol. The van der Waals surface area contributed by atoms with Gasteiger partial charge in [-0.05, 0) is 22.4 Å². The third-order valence-electron chi connectivity index (χ3n) is 4.24. The van der Waals surface area contributed by atoms with Gasteiger partial charge in [0, 0.05) is 16.3 Å². The van der Waals surface area contributed by atoms with Crippen molar-refractivity contribution in [3.63, 3.8) is 0 Å². The summed E-state index contributed by atoms with van der Waals surface area (Å²) in [4.78, 5) is 12.1. The number of thioether (sulfide) groups is 2. The average Bonchev–Trinajstić information content (AvgIpc) is 3.25. The van der Waals surface area contributed by atoms with Gasteiger partial charge in [-0.1, -0.05) is 107 Å². The zero-order chi connectivity index (χ0) is 21.5. The van der Waals surface area contributed by atoms with Crippen molar-refractivity contribution in [2.24, 2.45) is 5.10 Å². The van der Waals surface area contributed by atoms with Gasteiger partial charge in [0.15, 0.2) is 8.68 Å². The summed E-state index contributed by atoms with van der Waals surface area (Å²) in [6.07, 6.45) is 1.67. The van der Waals surface area contributed by atoms with Crippen LogP contribution in [0.25, 0.3) is 10.8 Å². The second kappa shape index (κ2) is 10.8. The molecule has 3 aromatic carbocycles. The van der Waals surface area contributed by atoms with Gasteiger partial charge in [-0.25, -0.2) is 5.43 Å². The Morgan fingerprint density at radius 3 is 2.61 bits per heavy atom. The lowest BCUT2D eigenvalue weighted by Gasteiger charge is -2.01. The first kappa shape index (κ1) is 21.8. The fourth-order valence-electron chi connectivity index (χ4n) is 2.77. The minimum atomic E-state index is -0.193. The van der Waals surface area contributed by atoms with Crippen LogP contribution in [-0.2, 0) is 10.5 Å². The maximum atomic E-state index is 12.1. The summed E-state index contributed by atoms with van der Waals surface area (Å²) in [5.74, 6) is 0.751. The predicted octanol–water partition coefficient (Wildman–Crippen LogP) is 5.88. The van der Waals surface area contributed by atoms with E-state index in [1.807, 2.05) is 66.7 Å². The van der Waals surface area contributed by atoms with Crippen LogP contribution in [0.5, 0.6) is 0 Å². The van der Waals surface area contributed by atoms with Gasteiger partial charge in [0.05, 0.1) is 12.0 Å². The van der Waals surface area contributed by atoms with E-state index in [4.69, 9.17) is 11.6 Å². The SMILES string of the molecule is O=C(CSc1nnc(SCc2ccccc2Cl)s1)N/N=C\c1cccc2ccccc12. The second-order valence-electron chi connectivity index (χ2n) is 6.36. The van der Waals surface area contributed by atoms with Crippen molar-refractivity contribution in [2.45, 2.75) is 14.4 Å². The number of hydrazone groups is 1. The van der Waals surface area contributed by atoms with Crippen LogP contribution in [0, 0.1) is 0 Å². The van der Waals surface area contributed by atoms with Crippen LogP contribution in [0.2, 0.25) is 5.02 Å². The van der Waals surface area contributed by atoms with E-state index in [0.29, 0.717) is 0 Å². The number of hydrogen-bond acceptors (Lipinski definition) is 7. The van der Waals surface area contributed by atoms with Crippen LogP contribution in [0.3, 0.4) is 0 Å². The van der Waals surface area contributed by atoms with E-state index < -0.39 is 0 Å². The van der Waals surface area contributed by atoms with E-state index in [9.17, 15) is 4.79 Å². The van der Waals surface area contributed by atoms with Crippen molar-refractivity contribution in [1.29, 1.82) is 0 Å². The van der Waals surface area contributed by atoms with Gasteiger partial charge in [0.25, 0.3) is 5.91 Å². The minimum Gasteiger partial charge on any atom is -0.272 e. The highest BCUT2D eigenvalue weighted by Gasteiger charge is 2.09. The van der Waals surface area contributed by atoms with Crippen LogP contribution >= 0.6 is 46.5 Å². The molecule has 0 bridgehead atoms. The standard InChI is InChI=1S/C22H17ClN4OS3/c23-19-11-4-2-7-17(19)13-29-21-26-27-22(31-21)30-14-20(28)25-24-12-16-9-5-8-15-6-1-3-10-18(15)16/h1-12H,13-14H2,(H,25,28)/b24-12-. The number of amides is 1. The lowest BCUT2D eigenvalue weighted by atomic mass is 10.1. The quantitative estimate of drug-likeness (QED) is 0.192. The number of fused-ring (bicyclic) bond motifs is 1. The van der Waals surface area contributed by atoms with Crippen LogP contribution < -0.4 is 5.43 Å². The third-order valence-corrected chi connectivity index (χ3v) is 7.85. The van der Waals surface area contributed by atoms with Crippen molar-refractivity contribution in [3.8, 4) is 0 Å². The molecule has 9 heteroatoms. The van der Waals surface area contributed by atoms with Crippen molar-refractivity contribution < 1.29 is 4.79 Å². The summed E-state index contributed by atoms with van der Waals surface area (Å²) in [7, 11) is 0. The molecule has 4 aromatic rings. The lowest BCUT2D eigenvalue weighted by Crippen LogP contribution is -2.19. The van der Waals surface area contributed by atoms with Crippen molar-refractivity contribution in [2.75, 3.05) is 5.75 Å². The number of benzene rings is 3. The zero-order valence-electron chi connectivity index (χ0n) is 16.2. The smallest absolute Gasteiger partial charge is 0.250 e. The molecule has 0 radical (unpaired) electrons. The first-order chi connectivity index (χ1) is 15.2. The fourth-order valence-corrected chi connectivity index (χ4v) is 5.86. The number of carbonyl (C=O) groups excluding carboxylic acids is 1. The summed E-state index contributed by atoms with van der Waals surface area (Å²) in [6, 6.07) is 21.8. The molecule has 0 saturated carbocycles. The number of halogens is 1. The third kappa shape index (κ3) is 6.07. The van der Waals surface area contributed by atoms with Gasteiger partial charge in [-0.15, -0.1) is 10.2 Å². The van der Waals surface area contributed by atoms with E-state index in [2.05, 4.69) is 20.7 Å². The summed E-state index contributed by atoms with van der Waals surface area (Å²) in [5, 5.41) is 15.4. The predicted molar refractivity (Wildman–Crippen MR) is 131 cm³/mol. The first-order valence-corrected chi connectivity index (χ1v) is 12.5. The van der Waals surface area contributed by atoms with Crippen molar-refractivity contribution >= 4 is 69.4 Å². The van der Waals surface area contributed by atoms with Gasteiger partial charge in [-0.2, -0.15) is 5.10 Å². The number of rotatable bonds is 8. The molecule has 0 saturated heterocycles. The van der Waals surface area contributed by atoms with Crippen LogP contribution in [0.15, 0.2) is 80.5 Å². The van der Waals surface area contributed by atoms with Crippen molar-refractivity contribution in [3.05, 3.63) is 82.9 Å². The molecule has 5 nitrogen and oxygen atoms in total. The normalized spacial score (nSPS) is 11.3. The average molecular weight is 485 g/mol. The molecule has 0 aliphatic rings. The maximum absolute atomic E-state index is 12.1. The second-order valence-corrected chi connectivity index (χ2v) is 10.2. The molecule has 1 N–H and O–H groups in total. The lowest BCUT2D eigenvalue weighted by molar-refractivity contribution is -0.118. The molecular formula is C22H17ClN4OS3. The van der Waals surface area contributed by atoms with E-state index in [1.165, 1.54) is 23.1 Å². The summed E-state index contributed by atoms with van der Waals surface area (Å²) in [6.45, 7) is 0. The Morgan fingerprint density at radius 1 is 1.00 bits per heavy atom. The largest absolute Gasteiger partial charge is 0.272 e. The molecule has 0 fully saturated rings. The topological polar surface area (TPSA) is 67.2 Å². The highest BCUT2D eigenvalue weighted by atomic mass is 35.5. The van der Waals surface area contributed by atoms with Gasteiger partial charge >= 0.3 is 0 Å². The van der Waals surface area contributed by atoms with Gasteiger partial charge in [0.2, 0.25) is 0 Å². The molecule has 1 heterocycles. The molecule has 4 rings (SSSR count). The minimum absolute atomic E-state index is 0.193. The Labute approximate surface area is 197 Å². The highest BCUT2D eigenvalue weighted by Crippen LogP contribution is 2.32. The van der Waals surface area contributed by atoms with E-state index in [1.54, 1.807) is 18.0 Å². The first-order valence-electron chi connectivity index (χ1n) is 9.31. The number of hydrogen-bond donors (Lipinski definition) is 1. The molecule has 0 aliphatic carbocycles. The van der Waals surface area contributed by atoms with Gasteiger partial charge < -0.3 is 0 Å². The van der Waals surface area contributed by atoms with Crippen LogP contribution in [-0.4, -0.2) is 28.1 Å². The van der Waals surface area contributed by atoms with Gasteiger partial charge in [-0.3, -0.25) is 4.79 Å². The molecular weight excluding hydrogens is 468 g/mol. The van der Waals surface area contributed by atoms with Crippen molar-refractivity contribution in [1.82, 2.24) is 15.6 Å². The Hall–Kier alpha value is -2.39. The maximum Gasteiger partial charge on any atom is 0.250 e. The summed E-state index contributed by atoms with van der Waals surface area (Å²) < 4.78 is 1.59. The molecule has 0 unspecified atom stereocenters. The number of nitrogens with one attached hydrogen (secondary N) is 1. The Kier molecular flexibility index (Phi) is 7.58. The van der Waals surface area contributed by atoms with Gasteiger partial charge in [0.1, 0.15) is 0 Å². The fraction of sp³-hybridized carbons (Fsp3) is 0.0909. The molecule has 1 aromatic heterocycles. The number of carbonyl (C=O) groups is 1. The van der Waals surface area contributed by atoms with E-state index in [0.717, 1.165) is 41.4 Å². The Morgan fingerprint density at radius 2 is 1.74 bits per heavy atom. The molecule has 156 valence electrons. The molecule has 0 aliphatic heterocycles. The number of aromatic nitrogens is 2. The molecule has 0 spiro atoms. The number of nitrogens with zero attached hydrogens (tertiary/aromatic N) is 3. The summed E-state index contributed by atoms with van der Waals surface area (Å²) in [5.41, 5.74) is 4.58. The van der Waals surface area contributed by atoms with E-state index >= 15 is 0 Å². The molecule has 31 heavy (non-hydrogen) atoms. The summed E-state index contributed by atoms with van der Waals surface area (Å²) >= 11 is 10.6. The molecule has 0 atom stereocenters.